The van der Waals surface area contributed by atoms with Crippen molar-refractivity contribution in [3.8, 4) is 5.75 Å². The maximum Gasteiger partial charge on any atom is 0.190 e. The fraction of sp³-hybridized carbons (Fsp3) is 0.400. The molecule has 1 heterocycles. The van der Waals surface area contributed by atoms with Crippen molar-refractivity contribution in [3.63, 3.8) is 0 Å². The molecule has 118 valence electrons. The highest BCUT2D eigenvalue weighted by Crippen LogP contribution is 2.17. The molecule has 6 nitrogen and oxygen atoms in total. The second kappa shape index (κ2) is 7.95. The second-order valence-corrected chi connectivity index (χ2v) is 5.79. The molecule has 0 aliphatic heterocycles. The third-order valence-corrected chi connectivity index (χ3v) is 4.19. The van der Waals surface area contributed by atoms with Crippen LogP contribution in [0.3, 0.4) is 0 Å². The van der Waals surface area contributed by atoms with Crippen molar-refractivity contribution in [2.45, 2.75) is 24.6 Å². The van der Waals surface area contributed by atoms with Crippen molar-refractivity contribution in [2.75, 3.05) is 12.4 Å². The van der Waals surface area contributed by atoms with Gasteiger partial charge in [0.25, 0.3) is 0 Å². The van der Waals surface area contributed by atoms with E-state index in [4.69, 9.17) is 4.74 Å². The van der Waals surface area contributed by atoms with Gasteiger partial charge in [-0.25, -0.2) is 0 Å². The van der Waals surface area contributed by atoms with Crippen LogP contribution in [0, 0.1) is 0 Å². The molecule has 0 fully saturated rings. The molecule has 0 amide bonds. The molecule has 0 aliphatic rings. The van der Waals surface area contributed by atoms with E-state index in [1.54, 1.807) is 35.2 Å². The van der Waals surface area contributed by atoms with Crippen molar-refractivity contribution in [3.05, 3.63) is 36.2 Å². The predicted molar refractivity (Wildman–Crippen MR) is 84.3 cm³/mol. The Morgan fingerprint density at radius 1 is 1.41 bits per heavy atom. The van der Waals surface area contributed by atoms with Crippen LogP contribution < -0.4 is 4.74 Å². The minimum atomic E-state index is -0.612. The van der Waals surface area contributed by atoms with Crippen LogP contribution in [0.4, 0.5) is 0 Å². The Morgan fingerprint density at radius 2 is 2.14 bits per heavy atom. The van der Waals surface area contributed by atoms with E-state index >= 15 is 0 Å². The molecule has 2 aromatic rings. The van der Waals surface area contributed by atoms with Crippen LogP contribution in [0.1, 0.15) is 23.7 Å². The molecule has 0 spiro atoms. The fourth-order valence-corrected chi connectivity index (χ4v) is 2.55. The van der Waals surface area contributed by atoms with Gasteiger partial charge in [0, 0.05) is 24.8 Å². The van der Waals surface area contributed by atoms with E-state index in [1.165, 1.54) is 11.8 Å². The van der Waals surface area contributed by atoms with Crippen molar-refractivity contribution in [1.82, 2.24) is 14.8 Å². The summed E-state index contributed by atoms with van der Waals surface area (Å²) in [6.45, 7) is 2.02. The highest BCUT2D eigenvalue weighted by Gasteiger charge is 2.10. The number of Topliss-reactive ketones (excluding diaryl/α,β-unsaturated/α-hetero) is 1. The third kappa shape index (κ3) is 4.57. The monoisotopic (exact) mass is 321 g/mol. The van der Waals surface area contributed by atoms with E-state index in [0.717, 1.165) is 5.16 Å². The number of hydrogen-bond acceptors (Lipinski definition) is 6. The number of carbonyl (C=O) groups is 1. The number of ether oxygens (including phenoxy) is 1. The molecule has 1 atom stereocenters. The van der Waals surface area contributed by atoms with E-state index in [0.29, 0.717) is 23.5 Å². The Balaban J connectivity index is 1.77. The van der Waals surface area contributed by atoms with Crippen molar-refractivity contribution < 1.29 is 14.6 Å². The maximum absolute atomic E-state index is 11.5. The number of aryl methyl sites for hydroxylation is 1. The molecule has 0 radical (unpaired) electrons. The topological polar surface area (TPSA) is 77.2 Å². The predicted octanol–water partition coefficient (Wildman–Crippen LogP) is 1.94. The molecule has 0 saturated heterocycles. The number of carbonyl (C=O) groups excluding carboxylic acids is 1. The van der Waals surface area contributed by atoms with Gasteiger partial charge in [-0.15, -0.1) is 10.2 Å². The number of nitrogens with zero attached hydrogens (tertiary/aromatic N) is 3. The molecule has 1 unspecified atom stereocenters. The summed E-state index contributed by atoms with van der Waals surface area (Å²) < 4.78 is 7.31. The Kier molecular flexibility index (Phi) is 5.97. The van der Waals surface area contributed by atoms with Crippen molar-refractivity contribution >= 4 is 17.5 Å². The van der Waals surface area contributed by atoms with Crippen molar-refractivity contribution in [1.29, 1.82) is 0 Å². The lowest BCUT2D eigenvalue weighted by Crippen LogP contribution is -2.20. The number of thioether (sulfide) groups is 1. The van der Waals surface area contributed by atoms with E-state index in [9.17, 15) is 9.90 Å². The van der Waals surface area contributed by atoms with Gasteiger partial charge in [-0.3, -0.25) is 4.79 Å². The average molecular weight is 321 g/mol. The standard InChI is InChI=1S/C15H19N3O3S/c1-3-14(20)11-4-6-13(7-5-11)21-8-12(19)9-22-15-17-16-10-18(15)2/h4-7,10,12,19H,3,8-9H2,1-2H3. The highest BCUT2D eigenvalue weighted by molar-refractivity contribution is 7.99. The summed E-state index contributed by atoms with van der Waals surface area (Å²) >= 11 is 1.42. The molecule has 0 aliphatic carbocycles. The largest absolute Gasteiger partial charge is 0.491 e. The first-order valence-electron chi connectivity index (χ1n) is 7.01. The SMILES string of the molecule is CCC(=O)c1ccc(OCC(O)CSc2nncn2C)cc1. The number of hydrogen-bond donors (Lipinski definition) is 1. The number of aliphatic hydroxyl groups is 1. The second-order valence-electron chi connectivity index (χ2n) is 4.80. The van der Waals surface area contributed by atoms with Crippen molar-refractivity contribution in [2.24, 2.45) is 7.05 Å². The molecule has 1 aromatic heterocycles. The van der Waals surface area contributed by atoms with Crippen LogP contribution >= 0.6 is 11.8 Å². The first kappa shape index (κ1) is 16.5. The molecule has 0 saturated carbocycles. The van der Waals surface area contributed by atoms with Gasteiger partial charge in [0.15, 0.2) is 10.9 Å². The third-order valence-electron chi connectivity index (χ3n) is 3.01. The summed E-state index contributed by atoms with van der Waals surface area (Å²) in [5.41, 5.74) is 0.674. The molecule has 1 N–H and O–H groups in total. The summed E-state index contributed by atoms with van der Waals surface area (Å²) in [5, 5.41) is 18.4. The van der Waals surface area contributed by atoms with Gasteiger partial charge >= 0.3 is 0 Å². The molecule has 7 heteroatoms. The first-order chi connectivity index (χ1) is 10.6. The quantitative estimate of drug-likeness (QED) is 0.591. The Morgan fingerprint density at radius 3 is 2.73 bits per heavy atom. The van der Waals surface area contributed by atoms with E-state index in [-0.39, 0.29) is 12.4 Å². The summed E-state index contributed by atoms with van der Waals surface area (Å²) in [4.78, 5) is 11.5. The average Bonchev–Trinajstić information content (AvgIpc) is 2.95. The number of rotatable bonds is 8. The van der Waals surface area contributed by atoms with Gasteiger partial charge in [0.2, 0.25) is 0 Å². The summed E-state index contributed by atoms with van der Waals surface area (Å²) in [6, 6.07) is 6.96. The zero-order valence-electron chi connectivity index (χ0n) is 12.6. The van der Waals surface area contributed by atoms with Gasteiger partial charge < -0.3 is 14.4 Å². The molecule has 0 bridgehead atoms. The van der Waals surface area contributed by atoms with Gasteiger partial charge in [-0.1, -0.05) is 18.7 Å². The molecular formula is C15H19N3O3S. The lowest BCUT2D eigenvalue weighted by Gasteiger charge is -2.12. The van der Waals surface area contributed by atoms with Gasteiger partial charge in [0.1, 0.15) is 18.7 Å². The van der Waals surface area contributed by atoms with Crippen LogP contribution in [0.15, 0.2) is 35.7 Å². The fourth-order valence-electron chi connectivity index (χ4n) is 1.76. The minimum absolute atomic E-state index is 0.103. The van der Waals surface area contributed by atoms with Gasteiger partial charge in [0.05, 0.1) is 6.10 Å². The lowest BCUT2D eigenvalue weighted by molar-refractivity contribution is 0.0987. The normalized spacial score (nSPS) is 12.1. The molecule has 1 aromatic carbocycles. The van der Waals surface area contributed by atoms with Crippen LogP contribution in [0.2, 0.25) is 0 Å². The minimum Gasteiger partial charge on any atom is -0.491 e. The van der Waals surface area contributed by atoms with E-state index in [2.05, 4.69) is 10.2 Å². The molecule has 22 heavy (non-hydrogen) atoms. The summed E-state index contributed by atoms with van der Waals surface area (Å²) in [5.74, 6) is 1.21. The summed E-state index contributed by atoms with van der Waals surface area (Å²) in [7, 11) is 1.85. The number of aliphatic hydroxyl groups excluding tert-OH is 1. The maximum atomic E-state index is 11.5. The van der Waals surface area contributed by atoms with Crippen LogP contribution in [-0.2, 0) is 7.05 Å². The smallest absolute Gasteiger partial charge is 0.190 e. The number of ketones is 1. The Hall–Kier alpha value is -1.86. The van der Waals surface area contributed by atoms with Crippen LogP contribution in [0.5, 0.6) is 5.75 Å². The van der Waals surface area contributed by atoms with Gasteiger partial charge in [-0.2, -0.15) is 0 Å². The Labute approximate surface area is 133 Å². The highest BCUT2D eigenvalue weighted by atomic mass is 32.2. The first-order valence-corrected chi connectivity index (χ1v) is 7.99. The number of aromatic nitrogens is 3. The Bertz CT molecular complexity index is 613. The van der Waals surface area contributed by atoms with Crippen LogP contribution in [-0.4, -0.2) is 44.1 Å². The van der Waals surface area contributed by atoms with Crippen LogP contribution in [0.25, 0.3) is 0 Å². The molecular weight excluding hydrogens is 302 g/mol. The zero-order chi connectivity index (χ0) is 15.9. The zero-order valence-corrected chi connectivity index (χ0v) is 13.4. The summed E-state index contributed by atoms with van der Waals surface area (Å²) in [6.07, 6.45) is 1.49. The lowest BCUT2D eigenvalue weighted by atomic mass is 10.1. The molecule has 2 rings (SSSR count). The van der Waals surface area contributed by atoms with E-state index in [1.807, 2.05) is 14.0 Å². The van der Waals surface area contributed by atoms with Gasteiger partial charge in [-0.05, 0) is 24.3 Å². The van der Waals surface area contributed by atoms with E-state index < -0.39 is 6.10 Å². The number of benzene rings is 1.